The molecule has 28 heavy (non-hydrogen) atoms. The maximum Gasteiger partial charge on any atom is 0.341 e. The molecule has 9 heteroatoms. The molecule has 2 aromatic rings. The molecule has 9 nitrogen and oxygen atoms in total. The van der Waals surface area contributed by atoms with Crippen LogP contribution >= 0.6 is 0 Å². The summed E-state index contributed by atoms with van der Waals surface area (Å²) in [6.45, 7) is 0.672. The number of carboxylic acid groups (broad SMARTS) is 2. The number of carbonyl (C=O) groups excluding carboxylic acids is 1. The molecule has 0 atom stereocenters. The summed E-state index contributed by atoms with van der Waals surface area (Å²) in [7, 11) is 0. The first-order chi connectivity index (χ1) is 13.3. The Labute approximate surface area is 160 Å². The van der Waals surface area contributed by atoms with Crippen LogP contribution < -0.4 is 14.9 Å². The first-order valence-electron chi connectivity index (χ1n) is 8.08. The molecule has 2 aromatic carbocycles. The van der Waals surface area contributed by atoms with Gasteiger partial charge in [-0.2, -0.15) is 5.10 Å². The van der Waals surface area contributed by atoms with Gasteiger partial charge in [-0.1, -0.05) is 17.7 Å². The number of nitrogens with zero attached hydrogens (tertiary/aromatic N) is 1. The van der Waals surface area contributed by atoms with E-state index in [0.29, 0.717) is 11.1 Å². The van der Waals surface area contributed by atoms with Gasteiger partial charge in [0.2, 0.25) is 0 Å². The smallest absolute Gasteiger partial charge is 0.341 e. The van der Waals surface area contributed by atoms with Gasteiger partial charge in [-0.25, -0.2) is 15.0 Å². The molecule has 0 aliphatic heterocycles. The highest BCUT2D eigenvalue weighted by molar-refractivity contribution is 5.95. The number of carboxylic acids is 2. The molecule has 0 unspecified atom stereocenters. The van der Waals surface area contributed by atoms with E-state index in [9.17, 15) is 14.4 Å². The van der Waals surface area contributed by atoms with Crippen molar-refractivity contribution < 1.29 is 34.1 Å². The lowest BCUT2D eigenvalue weighted by atomic mass is 10.1. The summed E-state index contributed by atoms with van der Waals surface area (Å²) in [5, 5.41) is 21.3. The van der Waals surface area contributed by atoms with Gasteiger partial charge < -0.3 is 19.7 Å². The van der Waals surface area contributed by atoms with Crippen LogP contribution in [0.1, 0.15) is 21.5 Å². The third kappa shape index (κ3) is 6.45. The number of hydrazone groups is 1. The van der Waals surface area contributed by atoms with Gasteiger partial charge in [-0.3, -0.25) is 4.79 Å². The molecule has 0 aliphatic carbocycles. The van der Waals surface area contributed by atoms with Gasteiger partial charge in [0, 0.05) is 5.56 Å². The SMILES string of the molecule is Cc1ccc(C(=O)N/N=C\c2ccc(OCC(=O)O)c(OCC(=O)O)c2)cc1. The largest absolute Gasteiger partial charge is 0.479 e. The van der Waals surface area contributed by atoms with Gasteiger partial charge in [-0.05, 0) is 42.8 Å². The number of benzene rings is 2. The molecule has 146 valence electrons. The molecule has 2 rings (SSSR count). The van der Waals surface area contributed by atoms with Crippen LogP contribution in [-0.4, -0.2) is 47.5 Å². The summed E-state index contributed by atoms with van der Waals surface area (Å²) in [6.07, 6.45) is 1.33. The van der Waals surface area contributed by atoms with Crippen LogP contribution in [0.5, 0.6) is 11.5 Å². The highest BCUT2D eigenvalue weighted by atomic mass is 16.5. The number of aryl methyl sites for hydroxylation is 1. The summed E-state index contributed by atoms with van der Waals surface area (Å²) in [5.74, 6) is -2.66. The molecule has 0 aliphatic rings. The molecule has 0 fully saturated rings. The lowest BCUT2D eigenvalue weighted by Gasteiger charge is -2.11. The minimum Gasteiger partial charge on any atom is -0.479 e. The van der Waals surface area contributed by atoms with Crippen molar-refractivity contribution in [3.8, 4) is 11.5 Å². The monoisotopic (exact) mass is 386 g/mol. The fourth-order valence-electron chi connectivity index (χ4n) is 2.05. The fraction of sp³-hybridized carbons (Fsp3) is 0.158. The van der Waals surface area contributed by atoms with E-state index in [4.69, 9.17) is 19.7 Å². The number of hydrogen-bond acceptors (Lipinski definition) is 6. The van der Waals surface area contributed by atoms with E-state index in [1.165, 1.54) is 18.3 Å². The van der Waals surface area contributed by atoms with E-state index in [0.717, 1.165) is 5.56 Å². The lowest BCUT2D eigenvalue weighted by Crippen LogP contribution is -2.17. The standard InChI is InChI=1S/C19H18N2O7/c1-12-2-5-14(6-3-12)19(26)21-20-9-13-4-7-15(27-10-17(22)23)16(8-13)28-11-18(24)25/h2-9H,10-11H2,1H3,(H,21,26)(H,22,23)(H,24,25)/b20-9-. The topological polar surface area (TPSA) is 135 Å². The Kier molecular flexibility index (Phi) is 7.09. The molecule has 0 spiro atoms. The van der Waals surface area contributed by atoms with Crippen LogP contribution in [0.4, 0.5) is 0 Å². The van der Waals surface area contributed by atoms with E-state index in [-0.39, 0.29) is 17.4 Å². The quantitative estimate of drug-likeness (QED) is 0.441. The summed E-state index contributed by atoms with van der Waals surface area (Å²) < 4.78 is 10.2. The second-order valence-electron chi connectivity index (χ2n) is 5.64. The van der Waals surface area contributed by atoms with Crippen molar-refractivity contribution in [1.82, 2.24) is 5.43 Å². The predicted molar refractivity (Wildman–Crippen MR) is 98.9 cm³/mol. The van der Waals surface area contributed by atoms with E-state index in [2.05, 4.69) is 10.5 Å². The van der Waals surface area contributed by atoms with Crippen molar-refractivity contribution in [2.75, 3.05) is 13.2 Å². The van der Waals surface area contributed by atoms with Gasteiger partial charge >= 0.3 is 11.9 Å². The second-order valence-corrected chi connectivity index (χ2v) is 5.64. The zero-order chi connectivity index (χ0) is 20.5. The van der Waals surface area contributed by atoms with Gasteiger partial charge in [0.05, 0.1) is 6.21 Å². The maximum atomic E-state index is 12.0. The van der Waals surface area contributed by atoms with Crippen LogP contribution in [0.25, 0.3) is 0 Å². The molecule has 1 amide bonds. The summed E-state index contributed by atoms with van der Waals surface area (Å²) >= 11 is 0. The van der Waals surface area contributed by atoms with Gasteiger partial charge in [0.25, 0.3) is 5.91 Å². The third-order valence-electron chi connectivity index (χ3n) is 3.36. The number of rotatable bonds is 9. The Morgan fingerprint density at radius 3 is 2.18 bits per heavy atom. The molecule has 0 radical (unpaired) electrons. The van der Waals surface area contributed by atoms with E-state index in [1.54, 1.807) is 30.3 Å². The normalized spacial score (nSPS) is 10.5. The fourth-order valence-corrected chi connectivity index (χ4v) is 2.05. The van der Waals surface area contributed by atoms with Crippen LogP contribution in [0.15, 0.2) is 47.6 Å². The number of hydrogen-bond donors (Lipinski definition) is 3. The Bertz CT molecular complexity index is 892. The van der Waals surface area contributed by atoms with Crippen molar-refractivity contribution >= 4 is 24.1 Å². The summed E-state index contributed by atoms with van der Waals surface area (Å²) in [5.41, 5.74) is 4.33. The second kappa shape index (κ2) is 9.72. The Morgan fingerprint density at radius 1 is 0.964 bits per heavy atom. The molecule has 0 heterocycles. The first kappa shape index (κ1) is 20.4. The highest BCUT2D eigenvalue weighted by Crippen LogP contribution is 2.28. The van der Waals surface area contributed by atoms with E-state index < -0.39 is 25.2 Å². The average Bonchev–Trinajstić information content (AvgIpc) is 2.65. The number of carbonyl (C=O) groups is 3. The molecule has 0 saturated heterocycles. The molecule has 3 N–H and O–H groups in total. The predicted octanol–water partition coefficient (Wildman–Crippen LogP) is 1.69. The van der Waals surface area contributed by atoms with Gasteiger partial charge in [0.15, 0.2) is 24.7 Å². The van der Waals surface area contributed by atoms with Gasteiger partial charge in [-0.15, -0.1) is 0 Å². The van der Waals surface area contributed by atoms with E-state index >= 15 is 0 Å². The van der Waals surface area contributed by atoms with Crippen LogP contribution in [-0.2, 0) is 9.59 Å². The number of nitrogens with one attached hydrogen (secondary N) is 1. The van der Waals surface area contributed by atoms with Crippen molar-refractivity contribution in [3.05, 3.63) is 59.2 Å². The van der Waals surface area contributed by atoms with Crippen molar-refractivity contribution in [2.45, 2.75) is 6.92 Å². The summed E-state index contributed by atoms with van der Waals surface area (Å²) in [6, 6.07) is 11.3. The lowest BCUT2D eigenvalue weighted by molar-refractivity contribution is -0.140. The maximum absolute atomic E-state index is 12.0. The molecular formula is C19H18N2O7. The molecule has 0 bridgehead atoms. The molecule has 0 aromatic heterocycles. The van der Waals surface area contributed by atoms with Crippen molar-refractivity contribution in [3.63, 3.8) is 0 Å². The van der Waals surface area contributed by atoms with E-state index in [1.807, 2.05) is 6.92 Å². The van der Waals surface area contributed by atoms with Crippen LogP contribution in [0.3, 0.4) is 0 Å². The Hall–Kier alpha value is -3.88. The zero-order valence-electron chi connectivity index (χ0n) is 14.9. The Balaban J connectivity index is 2.08. The Morgan fingerprint density at radius 2 is 1.57 bits per heavy atom. The highest BCUT2D eigenvalue weighted by Gasteiger charge is 2.10. The average molecular weight is 386 g/mol. The third-order valence-corrected chi connectivity index (χ3v) is 3.36. The number of ether oxygens (including phenoxy) is 2. The first-order valence-corrected chi connectivity index (χ1v) is 8.08. The van der Waals surface area contributed by atoms with Crippen molar-refractivity contribution in [2.24, 2.45) is 5.10 Å². The van der Waals surface area contributed by atoms with Crippen LogP contribution in [0.2, 0.25) is 0 Å². The number of amides is 1. The summed E-state index contributed by atoms with van der Waals surface area (Å²) in [4.78, 5) is 33.3. The molecular weight excluding hydrogens is 368 g/mol. The minimum atomic E-state index is -1.20. The minimum absolute atomic E-state index is 0.0393. The van der Waals surface area contributed by atoms with Crippen molar-refractivity contribution in [1.29, 1.82) is 0 Å². The van der Waals surface area contributed by atoms with Crippen LogP contribution in [0, 0.1) is 6.92 Å². The van der Waals surface area contributed by atoms with Gasteiger partial charge in [0.1, 0.15) is 0 Å². The zero-order valence-corrected chi connectivity index (χ0v) is 14.9. The molecule has 0 saturated carbocycles. The number of aliphatic carboxylic acids is 2.